The van der Waals surface area contributed by atoms with Crippen molar-refractivity contribution in [2.24, 2.45) is 5.92 Å². The number of hydrogen-bond acceptors (Lipinski definition) is 4. The molecule has 24 heavy (non-hydrogen) atoms. The molecule has 0 radical (unpaired) electrons. The first-order chi connectivity index (χ1) is 11.2. The Kier molecular flexibility index (Phi) is 5.28. The van der Waals surface area contributed by atoms with Crippen LogP contribution in [-0.2, 0) is 10.2 Å². The maximum absolute atomic E-state index is 12.4. The lowest BCUT2D eigenvalue weighted by molar-refractivity contribution is -0.143. The summed E-state index contributed by atoms with van der Waals surface area (Å²) >= 11 is 0. The van der Waals surface area contributed by atoms with Crippen molar-refractivity contribution < 1.29 is 19.7 Å². The first kappa shape index (κ1) is 18.8. The van der Waals surface area contributed by atoms with E-state index in [1.165, 1.54) is 7.11 Å². The van der Waals surface area contributed by atoms with Crippen LogP contribution in [0.3, 0.4) is 0 Å². The molecule has 0 amide bonds. The zero-order chi connectivity index (χ0) is 18.1. The largest absolute Gasteiger partial charge is 0.504 e. The lowest BCUT2D eigenvalue weighted by atomic mass is 9.53. The number of hydrogen-bond donors (Lipinski definition) is 2. The summed E-state index contributed by atoms with van der Waals surface area (Å²) in [6.07, 6.45) is 2.55. The topological polar surface area (TPSA) is 66.8 Å². The standard InChI is InChI=1S/C20H30O4/c1-6-10-19(12-15(21)9-11-20(19,23)13(2)3)17-14(4)7-8-16(24-5)18(17)22/h7-8,13,22-23H,6,9-12H2,1-5H3. The van der Waals surface area contributed by atoms with Crippen LogP contribution in [0.5, 0.6) is 11.5 Å². The smallest absolute Gasteiger partial charge is 0.161 e. The predicted octanol–water partition coefficient (Wildman–Crippen LogP) is 3.89. The number of carbonyl (C=O) groups excluding carboxylic acids is 1. The first-order valence-corrected chi connectivity index (χ1v) is 8.84. The molecule has 1 aliphatic carbocycles. The van der Waals surface area contributed by atoms with Crippen molar-refractivity contribution in [3.8, 4) is 11.5 Å². The SMILES string of the molecule is CCCC1(c2c(C)ccc(OC)c2O)CC(=O)CCC1(O)C(C)C. The average Bonchev–Trinajstić information content (AvgIpc) is 2.51. The second-order valence-corrected chi connectivity index (χ2v) is 7.43. The van der Waals surface area contributed by atoms with E-state index in [9.17, 15) is 15.0 Å². The Hall–Kier alpha value is -1.55. The van der Waals surface area contributed by atoms with Crippen molar-refractivity contribution in [3.05, 3.63) is 23.3 Å². The quantitative estimate of drug-likeness (QED) is 0.857. The third kappa shape index (κ3) is 2.71. The summed E-state index contributed by atoms with van der Waals surface area (Å²) in [6.45, 7) is 7.96. The van der Waals surface area contributed by atoms with E-state index in [1.54, 1.807) is 6.07 Å². The Morgan fingerprint density at radius 1 is 1.33 bits per heavy atom. The lowest BCUT2D eigenvalue weighted by Gasteiger charge is -2.53. The average molecular weight is 334 g/mol. The second-order valence-electron chi connectivity index (χ2n) is 7.43. The third-order valence-corrected chi connectivity index (χ3v) is 5.79. The first-order valence-electron chi connectivity index (χ1n) is 8.84. The summed E-state index contributed by atoms with van der Waals surface area (Å²) in [4.78, 5) is 12.4. The van der Waals surface area contributed by atoms with Gasteiger partial charge in [0, 0.05) is 23.8 Å². The zero-order valence-electron chi connectivity index (χ0n) is 15.5. The fourth-order valence-corrected chi connectivity index (χ4v) is 4.59. The molecule has 1 aromatic rings. The van der Waals surface area contributed by atoms with Crippen LogP contribution in [0.1, 0.15) is 64.0 Å². The minimum absolute atomic E-state index is 0.0258. The van der Waals surface area contributed by atoms with Crippen molar-refractivity contribution in [3.63, 3.8) is 0 Å². The summed E-state index contributed by atoms with van der Waals surface area (Å²) in [6, 6.07) is 3.62. The van der Waals surface area contributed by atoms with E-state index in [-0.39, 0.29) is 23.9 Å². The molecule has 0 aromatic heterocycles. The Balaban J connectivity index is 2.81. The van der Waals surface area contributed by atoms with Crippen LogP contribution in [0.25, 0.3) is 0 Å². The Morgan fingerprint density at radius 2 is 2.00 bits per heavy atom. The number of aryl methyl sites for hydroxylation is 1. The maximum atomic E-state index is 12.4. The number of Topliss-reactive ketones (excluding diaryl/α,β-unsaturated/α-hetero) is 1. The van der Waals surface area contributed by atoms with Crippen molar-refractivity contribution in [2.45, 2.75) is 70.8 Å². The molecule has 2 rings (SSSR count). The highest BCUT2D eigenvalue weighted by atomic mass is 16.5. The molecule has 1 aromatic carbocycles. The van der Waals surface area contributed by atoms with Gasteiger partial charge in [-0.25, -0.2) is 0 Å². The van der Waals surface area contributed by atoms with Gasteiger partial charge in [0.1, 0.15) is 5.78 Å². The van der Waals surface area contributed by atoms with Gasteiger partial charge in [0.15, 0.2) is 11.5 Å². The fourth-order valence-electron chi connectivity index (χ4n) is 4.59. The van der Waals surface area contributed by atoms with Crippen molar-refractivity contribution in [1.29, 1.82) is 0 Å². The van der Waals surface area contributed by atoms with Crippen LogP contribution < -0.4 is 4.74 Å². The highest BCUT2D eigenvalue weighted by molar-refractivity contribution is 5.82. The van der Waals surface area contributed by atoms with Gasteiger partial charge in [-0.05, 0) is 37.3 Å². The molecule has 2 unspecified atom stereocenters. The molecule has 1 fully saturated rings. The van der Waals surface area contributed by atoms with Gasteiger partial charge >= 0.3 is 0 Å². The molecule has 4 heteroatoms. The number of benzene rings is 1. The normalized spacial score (nSPS) is 27.5. The second kappa shape index (κ2) is 6.75. The van der Waals surface area contributed by atoms with Crippen LogP contribution >= 0.6 is 0 Å². The van der Waals surface area contributed by atoms with Crippen LogP contribution in [0.2, 0.25) is 0 Å². The van der Waals surface area contributed by atoms with E-state index in [1.807, 2.05) is 33.8 Å². The van der Waals surface area contributed by atoms with Crippen molar-refractivity contribution >= 4 is 5.78 Å². The van der Waals surface area contributed by atoms with Crippen LogP contribution in [-0.4, -0.2) is 28.7 Å². The summed E-state index contributed by atoms with van der Waals surface area (Å²) in [5.74, 6) is 0.562. The van der Waals surface area contributed by atoms with Crippen LogP contribution in [0.4, 0.5) is 0 Å². The molecule has 4 nitrogen and oxygen atoms in total. The number of ether oxygens (including phenoxy) is 1. The number of aromatic hydroxyl groups is 1. The molecule has 134 valence electrons. The number of methoxy groups -OCH3 is 1. The summed E-state index contributed by atoms with van der Waals surface area (Å²) in [5.41, 5.74) is -0.261. The predicted molar refractivity (Wildman–Crippen MR) is 94.6 cm³/mol. The van der Waals surface area contributed by atoms with Gasteiger partial charge in [-0.1, -0.05) is 33.3 Å². The molecule has 0 aliphatic heterocycles. The summed E-state index contributed by atoms with van der Waals surface area (Å²) in [5, 5.41) is 22.5. The van der Waals surface area contributed by atoms with Gasteiger partial charge in [0.25, 0.3) is 0 Å². The molecular weight excluding hydrogens is 304 g/mol. The van der Waals surface area contributed by atoms with Gasteiger partial charge in [-0.3, -0.25) is 4.79 Å². The number of aliphatic hydroxyl groups is 1. The Bertz CT molecular complexity index is 622. The molecule has 2 N–H and O–H groups in total. The van der Waals surface area contributed by atoms with Crippen molar-refractivity contribution in [1.82, 2.24) is 0 Å². The molecule has 1 saturated carbocycles. The summed E-state index contributed by atoms with van der Waals surface area (Å²) < 4.78 is 5.29. The molecule has 0 heterocycles. The number of rotatable bonds is 5. The number of carbonyl (C=O) groups is 1. The van der Waals surface area contributed by atoms with Gasteiger partial charge < -0.3 is 14.9 Å². The molecular formula is C20H30O4. The molecule has 1 aliphatic rings. The third-order valence-electron chi connectivity index (χ3n) is 5.79. The highest BCUT2D eigenvalue weighted by Gasteiger charge is 2.57. The van der Waals surface area contributed by atoms with Crippen molar-refractivity contribution in [2.75, 3.05) is 7.11 Å². The van der Waals surface area contributed by atoms with Crippen LogP contribution in [0.15, 0.2) is 12.1 Å². The van der Waals surface area contributed by atoms with Gasteiger partial charge in [-0.2, -0.15) is 0 Å². The minimum Gasteiger partial charge on any atom is -0.504 e. The molecule has 0 spiro atoms. The van der Waals surface area contributed by atoms with Crippen LogP contribution in [0, 0.1) is 12.8 Å². The number of ketones is 1. The molecule has 0 bridgehead atoms. The van der Waals surface area contributed by atoms with E-state index >= 15 is 0 Å². The number of phenolic OH excluding ortho intramolecular Hbond substituents is 1. The summed E-state index contributed by atoms with van der Waals surface area (Å²) in [7, 11) is 1.52. The van der Waals surface area contributed by atoms with Gasteiger partial charge in [0.05, 0.1) is 12.7 Å². The molecule has 0 saturated heterocycles. The Morgan fingerprint density at radius 3 is 2.54 bits per heavy atom. The fraction of sp³-hybridized carbons (Fsp3) is 0.650. The van der Waals surface area contributed by atoms with Gasteiger partial charge in [0.2, 0.25) is 0 Å². The van der Waals surface area contributed by atoms with E-state index in [0.29, 0.717) is 30.6 Å². The zero-order valence-corrected chi connectivity index (χ0v) is 15.5. The molecule has 2 atom stereocenters. The van der Waals surface area contributed by atoms with E-state index in [4.69, 9.17) is 4.74 Å². The minimum atomic E-state index is -1.04. The Labute approximate surface area is 144 Å². The van der Waals surface area contributed by atoms with E-state index in [0.717, 1.165) is 12.0 Å². The van der Waals surface area contributed by atoms with E-state index < -0.39 is 11.0 Å². The monoisotopic (exact) mass is 334 g/mol. The maximum Gasteiger partial charge on any atom is 0.161 e. The van der Waals surface area contributed by atoms with Gasteiger partial charge in [-0.15, -0.1) is 0 Å². The highest BCUT2D eigenvalue weighted by Crippen LogP contribution is 2.56. The number of phenols is 1. The van der Waals surface area contributed by atoms with E-state index in [2.05, 4.69) is 0 Å². The lowest BCUT2D eigenvalue weighted by Crippen LogP contribution is -2.59.